The topological polar surface area (TPSA) is 84.2 Å². The number of aromatic amines is 1. The molecule has 0 radical (unpaired) electrons. The van der Waals surface area contributed by atoms with Crippen LogP contribution < -0.4 is 10.5 Å². The number of benzene rings is 1. The maximum absolute atomic E-state index is 14.0. The standard InChI is InChI=1S/C23H25FN4O2/c1-30-21-3-2-16(24)8-18(21)17-4-5-26-23-19(17)9-20(27-23)13-6-14-10-28(12-22(25)29)11-15(14)7-13/h2-5,8-9,13-15H,6-7,10-12H2,1H3,(H2,25,29)(H,26,27)/t13-,14-,15+. The second kappa shape index (κ2) is 7.40. The summed E-state index contributed by atoms with van der Waals surface area (Å²) in [5.41, 5.74) is 8.97. The van der Waals surface area contributed by atoms with E-state index in [2.05, 4.69) is 20.9 Å². The highest BCUT2D eigenvalue weighted by Gasteiger charge is 2.41. The van der Waals surface area contributed by atoms with Gasteiger partial charge in [-0.05, 0) is 66.5 Å². The minimum absolute atomic E-state index is 0.256. The number of rotatable bonds is 5. The van der Waals surface area contributed by atoms with Gasteiger partial charge in [-0.2, -0.15) is 0 Å². The van der Waals surface area contributed by atoms with Crippen LogP contribution >= 0.6 is 0 Å². The van der Waals surface area contributed by atoms with Crippen LogP contribution in [0.25, 0.3) is 22.2 Å². The van der Waals surface area contributed by atoms with E-state index in [0.29, 0.717) is 30.0 Å². The Morgan fingerprint density at radius 1 is 1.23 bits per heavy atom. The predicted octanol–water partition coefficient (Wildman–Crippen LogP) is 3.29. The van der Waals surface area contributed by atoms with Crippen molar-refractivity contribution < 1.29 is 13.9 Å². The van der Waals surface area contributed by atoms with E-state index in [1.807, 2.05) is 6.07 Å². The number of methoxy groups -OCH3 is 1. The molecule has 0 unspecified atom stereocenters. The van der Waals surface area contributed by atoms with Gasteiger partial charge in [0.25, 0.3) is 0 Å². The van der Waals surface area contributed by atoms with Gasteiger partial charge in [0, 0.05) is 35.9 Å². The van der Waals surface area contributed by atoms with Crippen molar-refractivity contribution in [2.75, 3.05) is 26.7 Å². The van der Waals surface area contributed by atoms with Crippen molar-refractivity contribution in [2.24, 2.45) is 17.6 Å². The van der Waals surface area contributed by atoms with Gasteiger partial charge in [0.15, 0.2) is 0 Å². The monoisotopic (exact) mass is 408 g/mol. The van der Waals surface area contributed by atoms with Crippen LogP contribution in [0.4, 0.5) is 4.39 Å². The van der Waals surface area contributed by atoms with Gasteiger partial charge < -0.3 is 15.5 Å². The summed E-state index contributed by atoms with van der Waals surface area (Å²) in [6, 6.07) is 8.63. The summed E-state index contributed by atoms with van der Waals surface area (Å²) in [4.78, 5) is 21.4. The number of carbonyl (C=O) groups is 1. The van der Waals surface area contributed by atoms with Gasteiger partial charge >= 0.3 is 0 Å². The number of carbonyl (C=O) groups excluding carboxylic acids is 1. The average molecular weight is 408 g/mol. The molecule has 1 aliphatic carbocycles. The fraction of sp³-hybridized carbons (Fsp3) is 0.391. The summed E-state index contributed by atoms with van der Waals surface area (Å²) in [6.07, 6.45) is 3.92. The minimum atomic E-state index is -0.296. The maximum atomic E-state index is 14.0. The zero-order valence-electron chi connectivity index (χ0n) is 16.9. The quantitative estimate of drug-likeness (QED) is 0.679. The molecule has 1 aliphatic heterocycles. The molecule has 6 nitrogen and oxygen atoms in total. The predicted molar refractivity (Wildman–Crippen MR) is 113 cm³/mol. The van der Waals surface area contributed by atoms with Crippen LogP contribution in [0.5, 0.6) is 5.75 Å². The smallest absolute Gasteiger partial charge is 0.231 e. The first kappa shape index (κ1) is 19.1. The third kappa shape index (κ3) is 3.33. The Hall–Kier alpha value is -2.93. The van der Waals surface area contributed by atoms with Crippen LogP contribution in [0.15, 0.2) is 36.5 Å². The van der Waals surface area contributed by atoms with Crippen molar-refractivity contribution in [1.29, 1.82) is 0 Å². The summed E-state index contributed by atoms with van der Waals surface area (Å²) < 4.78 is 19.4. The number of halogens is 1. The lowest BCUT2D eigenvalue weighted by Gasteiger charge is -2.16. The molecular weight excluding hydrogens is 383 g/mol. The van der Waals surface area contributed by atoms with E-state index in [0.717, 1.165) is 48.1 Å². The molecule has 2 aliphatic rings. The van der Waals surface area contributed by atoms with Gasteiger partial charge in [-0.25, -0.2) is 9.37 Å². The van der Waals surface area contributed by atoms with Gasteiger partial charge in [-0.1, -0.05) is 0 Å². The van der Waals surface area contributed by atoms with Gasteiger partial charge in [-0.3, -0.25) is 9.69 Å². The number of pyridine rings is 1. The third-order valence-corrected chi connectivity index (χ3v) is 6.65. The normalized spacial score (nSPS) is 23.7. The summed E-state index contributed by atoms with van der Waals surface area (Å²) in [7, 11) is 1.59. The number of ether oxygens (including phenoxy) is 1. The number of amides is 1. The van der Waals surface area contributed by atoms with Gasteiger partial charge in [0.1, 0.15) is 17.2 Å². The highest BCUT2D eigenvalue weighted by molar-refractivity contribution is 5.95. The van der Waals surface area contributed by atoms with Crippen molar-refractivity contribution in [3.63, 3.8) is 0 Å². The van der Waals surface area contributed by atoms with Crippen molar-refractivity contribution in [2.45, 2.75) is 18.8 Å². The molecule has 1 saturated carbocycles. The number of aromatic nitrogens is 2. The number of H-pyrrole nitrogens is 1. The summed E-state index contributed by atoms with van der Waals surface area (Å²) >= 11 is 0. The fourth-order valence-corrected chi connectivity index (χ4v) is 5.39. The zero-order valence-corrected chi connectivity index (χ0v) is 16.9. The number of hydrogen-bond donors (Lipinski definition) is 2. The zero-order chi connectivity index (χ0) is 20.8. The summed E-state index contributed by atoms with van der Waals surface area (Å²) in [5, 5.41) is 0.976. The molecule has 5 rings (SSSR count). The first-order valence-electron chi connectivity index (χ1n) is 10.3. The Kier molecular flexibility index (Phi) is 4.70. The third-order valence-electron chi connectivity index (χ3n) is 6.65. The first-order chi connectivity index (χ1) is 14.5. The molecular formula is C23H25FN4O2. The Bertz CT molecular complexity index is 1100. The number of primary amides is 1. The van der Waals surface area contributed by atoms with E-state index in [-0.39, 0.29) is 11.7 Å². The van der Waals surface area contributed by atoms with E-state index in [1.54, 1.807) is 19.4 Å². The lowest BCUT2D eigenvalue weighted by Crippen LogP contribution is -2.32. The summed E-state index contributed by atoms with van der Waals surface area (Å²) in [5.74, 6) is 1.71. The van der Waals surface area contributed by atoms with Crippen molar-refractivity contribution in [3.05, 3.63) is 48.0 Å². The van der Waals surface area contributed by atoms with E-state index in [1.165, 1.54) is 17.8 Å². The molecule has 0 spiro atoms. The number of nitrogens with one attached hydrogen (secondary N) is 1. The molecule has 2 aromatic heterocycles. The number of nitrogens with zero attached hydrogens (tertiary/aromatic N) is 2. The highest BCUT2D eigenvalue weighted by atomic mass is 19.1. The SMILES string of the molecule is COc1ccc(F)cc1-c1ccnc2[nH]c([C@@H]3C[C@@H]4CN(CC(N)=O)C[C@@H]4C3)cc12. The number of nitrogens with two attached hydrogens (primary N) is 1. The molecule has 1 saturated heterocycles. The van der Waals surface area contributed by atoms with Crippen molar-refractivity contribution in [1.82, 2.24) is 14.9 Å². The molecule has 7 heteroatoms. The first-order valence-corrected chi connectivity index (χ1v) is 10.3. The lowest BCUT2D eigenvalue weighted by molar-refractivity contribution is -0.119. The molecule has 3 aromatic rings. The Morgan fingerprint density at radius 3 is 2.70 bits per heavy atom. The maximum Gasteiger partial charge on any atom is 0.231 e. The van der Waals surface area contributed by atoms with Gasteiger partial charge in [0.2, 0.25) is 5.91 Å². The van der Waals surface area contributed by atoms with E-state index < -0.39 is 0 Å². The van der Waals surface area contributed by atoms with Crippen molar-refractivity contribution in [3.8, 4) is 16.9 Å². The highest BCUT2D eigenvalue weighted by Crippen LogP contribution is 2.47. The Balaban J connectivity index is 1.43. The largest absolute Gasteiger partial charge is 0.496 e. The van der Waals surface area contributed by atoms with E-state index in [4.69, 9.17) is 10.5 Å². The number of likely N-dealkylation sites (tertiary alicyclic amines) is 1. The van der Waals surface area contributed by atoms with Crippen LogP contribution in [0.3, 0.4) is 0 Å². The molecule has 3 heterocycles. The minimum Gasteiger partial charge on any atom is -0.496 e. The molecule has 1 amide bonds. The molecule has 3 N–H and O–H groups in total. The Morgan fingerprint density at radius 2 is 2.00 bits per heavy atom. The van der Waals surface area contributed by atoms with Crippen LogP contribution in [0.2, 0.25) is 0 Å². The lowest BCUT2D eigenvalue weighted by atomic mass is 9.99. The van der Waals surface area contributed by atoms with Crippen LogP contribution in [-0.2, 0) is 4.79 Å². The molecule has 1 aromatic carbocycles. The van der Waals surface area contributed by atoms with Crippen molar-refractivity contribution >= 4 is 16.9 Å². The molecule has 2 fully saturated rings. The van der Waals surface area contributed by atoms with E-state index in [9.17, 15) is 9.18 Å². The van der Waals surface area contributed by atoms with Crippen LogP contribution in [0.1, 0.15) is 24.5 Å². The van der Waals surface area contributed by atoms with E-state index >= 15 is 0 Å². The molecule has 30 heavy (non-hydrogen) atoms. The van der Waals surface area contributed by atoms with Gasteiger partial charge in [-0.15, -0.1) is 0 Å². The van der Waals surface area contributed by atoms with Crippen LogP contribution in [0, 0.1) is 17.7 Å². The fourth-order valence-electron chi connectivity index (χ4n) is 5.39. The van der Waals surface area contributed by atoms with Crippen LogP contribution in [-0.4, -0.2) is 47.5 Å². The number of fused-ring (bicyclic) bond motifs is 2. The van der Waals surface area contributed by atoms with Gasteiger partial charge in [0.05, 0.1) is 13.7 Å². The second-order valence-electron chi connectivity index (χ2n) is 8.54. The molecule has 3 atom stereocenters. The summed E-state index contributed by atoms with van der Waals surface area (Å²) in [6.45, 7) is 2.23. The molecule has 0 bridgehead atoms. The Labute approximate surface area is 174 Å². The number of hydrogen-bond acceptors (Lipinski definition) is 4. The average Bonchev–Trinajstić information content (AvgIpc) is 3.39. The second-order valence-corrected chi connectivity index (χ2v) is 8.54. The molecule has 156 valence electrons.